The molecule has 0 fully saturated rings. The topological polar surface area (TPSA) is 40.5 Å². The molecule has 0 aliphatic heterocycles. The molecule has 0 aromatic carbocycles. The molecule has 0 rings (SSSR count). The van der Waals surface area contributed by atoms with Crippen molar-refractivity contribution in [2.24, 2.45) is 17.3 Å². The van der Waals surface area contributed by atoms with Crippen LogP contribution >= 0.6 is 0 Å². The van der Waals surface area contributed by atoms with Gasteiger partial charge in [-0.3, -0.25) is 0 Å². The van der Waals surface area contributed by atoms with Crippen LogP contribution in [-0.2, 0) is 0 Å². The van der Waals surface area contributed by atoms with Crippen LogP contribution in [0.15, 0.2) is 0 Å². The Balaban J connectivity index is 4.56. The van der Waals surface area contributed by atoms with E-state index < -0.39 is 0 Å². The molecule has 74 valence electrons. The third kappa shape index (κ3) is 1.99. The predicted octanol–water partition coefficient (Wildman–Crippen LogP) is 1.66. The minimum Gasteiger partial charge on any atom is -0.396 e. The second-order valence-electron chi connectivity index (χ2n) is 4.01. The lowest BCUT2D eigenvalue weighted by atomic mass is 9.68. The van der Waals surface area contributed by atoms with Crippen LogP contribution in [0.5, 0.6) is 0 Å². The van der Waals surface area contributed by atoms with E-state index in [4.69, 9.17) is 0 Å². The van der Waals surface area contributed by atoms with E-state index in [0.29, 0.717) is 11.8 Å². The van der Waals surface area contributed by atoms with Crippen molar-refractivity contribution in [2.45, 2.75) is 34.1 Å². The van der Waals surface area contributed by atoms with Gasteiger partial charge in [-0.25, -0.2) is 0 Å². The molecule has 0 heterocycles. The van der Waals surface area contributed by atoms with Crippen LogP contribution < -0.4 is 0 Å². The van der Waals surface area contributed by atoms with Crippen LogP contribution in [-0.4, -0.2) is 23.4 Å². The molecule has 0 radical (unpaired) electrons. The monoisotopic (exact) mass is 174 g/mol. The van der Waals surface area contributed by atoms with E-state index in [1.54, 1.807) is 0 Å². The Hall–Kier alpha value is -0.0800. The fraction of sp³-hybridized carbons (Fsp3) is 1.00. The molecule has 0 amide bonds. The largest absolute Gasteiger partial charge is 0.396 e. The summed E-state index contributed by atoms with van der Waals surface area (Å²) in [4.78, 5) is 0. The Bertz CT molecular complexity index is 117. The van der Waals surface area contributed by atoms with Crippen molar-refractivity contribution in [3.63, 3.8) is 0 Å². The first-order valence-corrected chi connectivity index (χ1v) is 4.76. The molecule has 0 bridgehead atoms. The Labute approximate surface area is 75.6 Å². The van der Waals surface area contributed by atoms with Crippen molar-refractivity contribution >= 4 is 0 Å². The van der Waals surface area contributed by atoms with Crippen molar-refractivity contribution < 1.29 is 10.2 Å². The fourth-order valence-corrected chi connectivity index (χ4v) is 1.70. The molecule has 0 aromatic heterocycles. The van der Waals surface area contributed by atoms with Crippen molar-refractivity contribution in [1.82, 2.24) is 0 Å². The molecule has 1 atom stereocenters. The standard InChI is InChI=1S/C10H22O2/c1-5-9(4)10(6-11,7-12)8(2)3/h8-9,11-12H,5-7H2,1-4H3. The lowest BCUT2D eigenvalue weighted by Crippen LogP contribution is -2.41. The molecule has 2 heteroatoms. The maximum absolute atomic E-state index is 9.29. The van der Waals surface area contributed by atoms with Gasteiger partial charge < -0.3 is 10.2 Å². The highest BCUT2D eigenvalue weighted by atomic mass is 16.3. The highest BCUT2D eigenvalue weighted by molar-refractivity contribution is 4.85. The SMILES string of the molecule is CCC(C)C(CO)(CO)C(C)C. The normalized spacial score (nSPS) is 15.2. The zero-order valence-electron chi connectivity index (χ0n) is 8.67. The first kappa shape index (κ1) is 11.9. The molecule has 2 nitrogen and oxygen atoms in total. The molecule has 12 heavy (non-hydrogen) atoms. The number of aliphatic hydroxyl groups is 2. The first-order chi connectivity index (χ1) is 5.55. The van der Waals surface area contributed by atoms with Gasteiger partial charge in [-0.1, -0.05) is 34.1 Å². The average Bonchev–Trinajstić information content (AvgIpc) is 2.06. The Morgan fingerprint density at radius 1 is 1.08 bits per heavy atom. The minimum atomic E-state index is -0.297. The highest BCUT2D eigenvalue weighted by Crippen LogP contribution is 2.36. The molecular formula is C10H22O2. The molecular weight excluding hydrogens is 152 g/mol. The zero-order chi connectivity index (χ0) is 9.78. The van der Waals surface area contributed by atoms with Gasteiger partial charge in [0, 0.05) is 5.41 Å². The maximum atomic E-state index is 9.29. The van der Waals surface area contributed by atoms with Gasteiger partial charge in [0.15, 0.2) is 0 Å². The smallest absolute Gasteiger partial charge is 0.0514 e. The van der Waals surface area contributed by atoms with Crippen LogP contribution in [0, 0.1) is 17.3 Å². The molecule has 2 N–H and O–H groups in total. The molecule has 0 aliphatic carbocycles. The summed E-state index contributed by atoms with van der Waals surface area (Å²) in [5.74, 6) is 0.690. The number of aliphatic hydroxyl groups excluding tert-OH is 2. The van der Waals surface area contributed by atoms with E-state index in [-0.39, 0.29) is 18.6 Å². The second kappa shape index (κ2) is 4.83. The zero-order valence-corrected chi connectivity index (χ0v) is 8.67. The van der Waals surface area contributed by atoms with Crippen LogP contribution in [0.4, 0.5) is 0 Å². The maximum Gasteiger partial charge on any atom is 0.0514 e. The second-order valence-corrected chi connectivity index (χ2v) is 4.01. The van der Waals surface area contributed by atoms with Gasteiger partial charge in [0.25, 0.3) is 0 Å². The first-order valence-electron chi connectivity index (χ1n) is 4.76. The lowest BCUT2D eigenvalue weighted by molar-refractivity contribution is -0.0288. The van der Waals surface area contributed by atoms with Crippen LogP contribution in [0.1, 0.15) is 34.1 Å². The number of hydrogen-bond donors (Lipinski definition) is 2. The van der Waals surface area contributed by atoms with Crippen molar-refractivity contribution in [1.29, 1.82) is 0 Å². The highest BCUT2D eigenvalue weighted by Gasteiger charge is 2.37. The predicted molar refractivity (Wildman–Crippen MR) is 50.9 cm³/mol. The molecule has 0 aromatic rings. The summed E-state index contributed by atoms with van der Waals surface area (Å²) < 4.78 is 0. The van der Waals surface area contributed by atoms with E-state index >= 15 is 0 Å². The van der Waals surface area contributed by atoms with Gasteiger partial charge >= 0.3 is 0 Å². The van der Waals surface area contributed by atoms with Gasteiger partial charge in [-0.2, -0.15) is 0 Å². The van der Waals surface area contributed by atoms with Crippen molar-refractivity contribution in [3.05, 3.63) is 0 Å². The summed E-state index contributed by atoms with van der Waals surface area (Å²) in [6.07, 6.45) is 0.999. The summed E-state index contributed by atoms with van der Waals surface area (Å²) >= 11 is 0. The minimum absolute atomic E-state index is 0.0795. The molecule has 0 aliphatic rings. The number of hydrogen-bond acceptors (Lipinski definition) is 2. The molecule has 0 spiro atoms. The third-order valence-corrected chi connectivity index (χ3v) is 3.33. The van der Waals surface area contributed by atoms with Crippen LogP contribution in [0.25, 0.3) is 0 Å². The van der Waals surface area contributed by atoms with E-state index in [9.17, 15) is 10.2 Å². The molecule has 0 saturated carbocycles. The average molecular weight is 174 g/mol. The Morgan fingerprint density at radius 3 is 1.58 bits per heavy atom. The summed E-state index contributed by atoms with van der Waals surface area (Å²) in [6, 6.07) is 0. The van der Waals surface area contributed by atoms with Crippen molar-refractivity contribution in [3.8, 4) is 0 Å². The van der Waals surface area contributed by atoms with E-state index in [1.807, 2.05) is 0 Å². The van der Waals surface area contributed by atoms with Gasteiger partial charge in [-0.15, -0.1) is 0 Å². The summed E-state index contributed by atoms with van der Waals surface area (Å²) in [7, 11) is 0. The summed E-state index contributed by atoms with van der Waals surface area (Å²) in [5, 5.41) is 18.6. The Kier molecular flexibility index (Phi) is 4.80. The van der Waals surface area contributed by atoms with E-state index in [2.05, 4.69) is 27.7 Å². The number of rotatable bonds is 5. The third-order valence-electron chi connectivity index (χ3n) is 3.33. The van der Waals surface area contributed by atoms with E-state index in [1.165, 1.54) is 0 Å². The van der Waals surface area contributed by atoms with Crippen LogP contribution in [0.2, 0.25) is 0 Å². The van der Waals surface area contributed by atoms with Gasteiger partial charge in [0.2, 0.25) is 0 Å². The quantitative estimate of drug-likeness (QED) is 0.665. The molecule has 0 saturated heterocycles. The van der Waals surface area contributed by atoms with Gasteiger partial charge in [0.05, 0.1) is 13.2 Å². The van der Waals surface area contributed by atoms with Crippen LogP contribution in [0.3, 0.4) is 0 Å². The lowest BCUT2D eigenvalue weighted by Gasteiger charge is -2.39. The summed E-state index contributed by atoms with van der Waals surface area (Å²) in [5.41, 5.74) is -0.297. The summed E-state index contributed by atoms with van der Waals surface area (Å²) in [6.45, 7) is 8.45. The van der Waals surface area contributed by atoms with E-state index in [0.717, 1.165) is 6.42 Å². The van der Waals surface area contributed by atoms with Gasteiger partial charge in [0.1, 0.15) is 0 Å². The van der Waals surface area contributed by atoms with Gasteiger partial charge in [-0.05, 0) is 11.8 Å². The Morgan fingerprint density at radius 2 is 1.50 bits per heavy atom. The molecule has 1 unspecified atom stereocenters. The fourth-order valence-electron chi connectivity index (χ4n) is 1.70. The van der Waals surface area contributed by atoms with Crippen molar-refractivity contribution in [2.75, 3.05) is 13.2 Å².